The number of aliphatic hydroxyl groups excluding tert-OH is 1. The number of aliphatic hydroxyl groups is 1. The average molecular weight is 501 g/mol. The predicted octanol–water partition coefficient (Wildman–Crippen LogP) is 4.69. The minimum atomic E-state index is -0.702. The van der Waals surface area contributed by atoms with Crippen molar-refractivity contribution in [3.05, 3.63) is 11.6 Å². The molecular weight excluding hydrogens is 456 g/mol. The van der Waals surface area contributed by atoms with Crippen molar-refractivity contribution in [2.75, 3.05) is 13.2 Å². The average Bonchev–Trinajstić information content (AvgIpc) is 3.17. The Kier molecular flexibility index (Phi) is 7.23. The molecule has 0 spiro atoms. The first kappa shape index (κ1) is 25.7. The molecular formula is C29H44N2O5. The highest BCUT2D eigenvalue weighted by molar-refractivity contribution is 5.96. The van der Waals surface area contributed by atoms with Crippen LogP contribution >= 0.6 is 0 Å². The van der Waals surface area contributed by atoms with Gasteiger partial charge in [-0.15, -0.1) is 0 Å². The Morgan fingerprint density at radius 3 is 2.56 bits per heavy atom. The van der Waals surface area contributed by atoms with Crippen LogP contribution in [-0.4, -0.2) is 47.1 Å². The van der Waals surface area contributed by atoms with E-state index >= 15 is 0 Å². The number of carboxylic acid groups (broad SMARTS) is 1. The van der Waals surface area contributed by atoms with E-state index < -0.39 is 5.97 Å². The Bertz CT molecular complexity index is 923. The summed E-state index contributed by atoms with van der Waals surface area (Å²) in [6.45, 7) is 5.29. The third-order valence-electron chi connectivity index (χ3n) is 11.1. The summed E-state index contributed by atoms with van der Waals surface area (Å²) < 4.78 is 0. The molecule has 4 saturated carbocycles. The zero-order valence-electron chi connectivity index (χ0n) is 22.0. The number of carbonyl (C=O) groups is 2. The standard InChI is InChI=1S/C29H44N2O5/c1-28-13-11-21(31-36-17-26(33)30-16-18-3-5-19(6-4-18)27(34)35)15-20(28)7-8-22-23-9-10-25(32)29(23,2)14-12-24(22)28/h15,18-19,22-25,32H,3-14,16-17H2,1-2H3,(H,30,33)(H,34,35)/t18?,19?,22-,23-,24-,25+,28-,29-/m0/s1. The molecule has 0 aromatic carbocycles. The zero-order chi connectivity index (χ0) is 25.5. The summed E-state index contributed by atoms with van der Waals surface area (Å²) in [5.41, 5.74) is 2.78. The number of hydrogen-bond acceptors (Lipinski definition) is 5. The van der Waals surface area contributed by atoms with Gasteiger partial charge in [0.15, 0.2) is 6.61 Å². The van der Waals surface area contributed by atoms with Gasteiger partial charge in [-0.2, -0.15) is 0 Å². The molecule has 36 heavy (non-hydrogen) atoms. The fourth-order valence-corrected chi connectivity index (χ4v) is 8.71. The number of hydrogen-bond donors (Lipinski definition) is 3. The van der Waals surface area contributed by atoms with E-state index in [1.54, 1.807) is 0 Å². The summed E-state index contributed by atoms with van der Waals surface area (Å²) in [6.07, 6.45) is 14.0. The Labute approximate surface area is 215 Å². The van der Waals surface area contributed by atoms with Crippen molar-refractivity contribution in [2.45, 2.75) is 97.0 Å². The van der Waals surface area contributed by atoms with E-state index in [0.29, 0.717) is 37.1 Å². The maximum Gasteiger partial charge on any atom is 0.306 e. The van der Waals surface area contributed by atoms with E-state index in [1.807, 2.05) is 0 Å². The van der Waals surface area contributed by atoms with Crippen LogP contribution in [0.15, 0.2) is 16.8 Å². The van der Waals surface area contributed by atoms with Gasteiger partial charge in [0.1, 0.15) is 0 Å². The van der Waals surface area contributed by atoms with E-state index in [-0.39, 0.29) is 35.4 Å². The van der Waals surface area contributed by atoms with Crippen molar-refractivity contribution in [3.63, 3.8) is 0 Å². The molecule has 4 fully saturated rings. The van der Waals surface area contributed by atoms with Gasteiger partial charge in [-0.3, -0.25) is 9.59 Å². The van der Waals surface area contributed by atoms with Crippen molar-refractivity contribution < 1.29 is 24.6 Å². The maximum absolute atomic E-state index is 12.2. The molecule has 0 bridgehead atoms. The van der Waals surface area contributed by atoms with E-state index in [1.165, 1.54) is 24.8 Å². The Balaban J connectivity index is 1.11. The van der Waals surface area contributed by atoms with Crippen LogP contribution in [0.3, 0.4) is 0 Å². The number of nitrogens with zero attached hydrogens (tertiary/aromatic N) is 1. The molecule has 5 aliphatic rings. The number of amides is 1. The van der Waals surface area contributed by atoms with Crippen LogP contribution in [-0.2, 0) is 14.4 Å². The molecule has 1 amide bonds. The van der Waals surface area contributed by atoms with Crippen molar-refractivity contribution >= 4 is 17.6 Å². The summed E-state index contributed by atoms with van der Waals surface area (Å²) in [5.74, 6) is 1.32. The highest BCUT2D eigenvalue weighted by atomic mass is 16.6. The van der Waals surface area contributed by atoms with E-state index in [4.69, 9.17) is 9.94 Å². The summed E-state index contributed by atoms with van der Waals surface area (Å²) >= 11 is 0. The normalized spacial score (nSPS) is 43.1. The molecule has 0 aromatic rings. The number of allylic oxidation sites excluding steroid dienone is 2. The topological polar surface area (TPSA) is 108 Å². The molecule has 6 atom stereocenters. The number of carboxylic acids is 1. The lowest BCUT2D eigenvalue weighted by Crippen LogP contribution is -2.51. The molecule has 0 aromatic heterocycles. The molecule has 5 rings (SSSR count). The minimum absolute atomic E-state index is 0.0816. The number of aliphatic carboxylic acids is 1. The Morgan fingerprint density at radius 1 is 1.03 bits per heavy atom. The molecule has 0 radical (unpaired) electrons. The molecule has 0 heterocycles. The quantitative estimate of drug-likeness (QED) is 0.459. The molecule has 3 N–H and O–H groups in total. The summed E-state index contributed by atoms with van der Waals surface area (Å²) in [6, 6.07) is 0. The zero-order valence-corrected chi connectivity index (χ0v) is 22.0. The van der Waals surface area contributed by atoms with Gasteiger partial charge in [-0.05, 0) is 118 Å². The molecule has 5 aliphatic carbocycles. The number of oxime groups is 1. The Morgan fingerprint density at radius 2 is 1.81 bits per heavy atom. The van der Waals surface area contributed by atoms with Crippen LogP contribution in [0, 0.1) is 40.4 Å². The number of fused-ring (bicyclic) bond motifs is 5. The van der Waals surface area contributed by atoms with Crippen LogP contribution < -0.4 is 5.32 Å². The monoisotopic (exact) mass is 500 g/mol. The number of carbonyl (C=O) groups excluding carboxylic acids is 1. The molecule has 200 valence electrons. The molecule has 0 saturated heterocycles. The lowest BCUT2D eigenvalue weighted by Gasteiger charge is -2.57. The van der Waals surface area contributed by atoms with Crippen LogP contribution in [0.25, 0.3) is 0 Å². The van der Waals surface area contributed by atoms with E-state index in [9.17, 15) is 14.7 Å². The van der Waals surface area contributed by atoms with Crippen molar-refractivity contribution in [1.82, 2.24) is 5.32 Å². The second kappa shape index (κ2) is 10.1. The van der Waals surface area contributed by atoms with Gasteiger partial charge < -0.3 is 20.4 Å². The van der Waals surface area contributed by atoms with Crippen molar-refractivity contribution in [1.29, 1.82) is 0 Å². The molecule has 7 nitrogen and oxygen atoms in total. The fraction of sp³-hybridized carbons (Fsp3) is 0.828. The highest BCUT2D eigenvalue weighted by Crippen LogP contribution is 2.65. The van der Waals surface area contributed by atoms with Gasteiger partial charge >= 0.3 is 5.97 Å². The SMILES string of the molecule is C[C@]12CC[C@H]3[C@@H](CCC4=CC(=NOCC(=O)NCC5CCC(C(=O)O)CC5)CC[C@@]43C)[C@@H]1CC[C@H]2O. The molecule has 0 aliphatic heterocycles. The van der Waals surface area contributed by atoms with Crippen LogP contribution in [0.4, 0.5) is 0 Å². The van der Waals surface area contributed by atoms with Gasteiger partial charge in [0.2, 0.25) is 0 Å². The lowest BCUT2D eigenvalue weighted by atomic mass is 9.47. The first-order valence-corrected chi connectivity index (χ1v) is 14.3. The first-order valence-electron chi connectivity index (χ1n) is 14.3. The molecule has 7 heteroatoms. The fourth-order valence-electron chi connectivity index (χ4n) is 8.71. The van der Waals surface area contributed by atoms with Gasteiger partial charge in [-0.25, -0.2) is 0 Å². The minimum Gasteiger partial charge on any atom is -0.481 e. The third-order valence-corrected chi connectivity index (χ3v) is 11.1. The van der Waals surface area contributed by atoms with Crippen molar-refractivity contribution in [2.24, 2.45) is 45.6 Å². The summed E-state index contributed by atoms with van der Waals surface area (Å²) in [5, 5.41) is 27.0. The van der Waals surface area contributed by atoms with Gasteiger partial charge in [-0.1, -0.05) is 24.6 Å². The lowest BCUT2D eigenvalue weighted by molar-refractivity contribution is -0.143. The van der Waals surface area contributed by atoms with E-state index in [0.717, 1.165) is 56.6 Å². The molecule has 0 unspecified atom stereocenters. The highest BCUT2D eigenvalue weighted by Gasteiger charge is 2.58. The number of nitrogens with one attached hydrogen (secondary N) is 1. The van der Waals surface area contributed by atoms with Crippen LogP contribution in [0.2, 0.25) is 0 Å². The number of rotatable bonds is 6. The second-order valence-electron chi connectivity index (χ2n) is 12.9. The first-order chi connectivity index (χ1) is 17.2. The predicted molar refractivity (Wildman–Crippen MR) is 137 cm³/mol. The van der Waals surface area contributed by atoms with Gasteiger partial charge in [0.25, 0.3) is 5.91 Å². The van der Waals surface area contributed by atoms with Crippen molar-refractivity contribution in [3.8, 4) is 0 Å². The Hall–Kier alpha value is -1.89. The van der Waals surface area contributed by atoms with Crippen LogP contribution in [0.5, 0.6) is 0 Å². The van der Waals surface area contributed by atoms with E-state index in [2.05, 4.69) is 30.4 Å². The van der Waals surface area contributed by atoms with Crippen LogP contribution in [0.1, 0.15) is 90.9 Å². The summed E-state index contributed by atoms with van der Waals surface area (Å²) in [4.78, 5) is 28.8. The maximum atomic E-state index is 12.2. The summed E-state index contributed by atoms with van der Waals surface area (Å²) in [7, 11) is 0. The largest absolute Gasteiger partial charge is 0.481 e. The van der Waals surface area contributed by atoms with Gasteiger partial charge in [0, 0.05) is 6.54 Å². The smallest absolute Gasteiger partial charge is 0.306 e. The third kappa shape index (κ3) is 4.72. The van der Waals surface area contributed by atoms with Gasteiger partial charge in [0.05, 0.1) is 17.7 Å². The second-order valence-corrected chi connectivity index (χ2v) is 12.9.